The van der Waals surface area contributed by atoms with Crippen molar-refractivity contribution >= 4 is 35.5 Å². The van der Waals surface area contributed by atoms with E-state index < -0.39 is 17.8 Å². The van der Waals surface area contributed by atoms with Crippen LogP contribution in [0.2, 0.25) is 0 Å². The first-order chi connectivity index (χ1) is 11.4. The van der Waals surface area contributed by atoms with E-state index in [0.717, 1.165) is 6.07 Å². The normalized spacial score (nSPS) is 11.8. The molecule has 3 aromatic rings. The molecule has 3 aromatic heterocycles. The highest BCUT2D eigenvalue weighted by molar-refractivity contribution is 7.80. The molecule has 0 saturated heterocycles. The van der Waals surface area contributed by atoms with Crippen LogP contribution < -0.4 is 5.32 Å². The highest BCUT2D eigenvalue weighted by atomic mass is 32.1. The van der Waals surface area contributed by atoms with Gasteiger partial charge in [0.1, 0.15) is 0 Å². The molecule has 5 nitrogen and oxygen atoms in total. The van der Waals surface area contributed by atoms with E-state index in [-0.39, 0.29) is 23.6 Å². The second kappa shape index (κ2) is 6.44. The lowest BCUT2D eigenvalue weighted by atomic mass is 10.2. The highest BCUT2D eigenvalue weighted by Crippen LogP contribution is 2.33. The quantitative estimate of drug-likeness (QED) is 0.692. The number of thiol groups is 1. The number of nitrogens with one attached hydrogen (secondary N) is 1. The van der Waals surface area contributed by atoms with Gasteiger partial charge in [-0.2, -0.15) is 30.9 Å². The monoisotopic (exact) mass is 372 g/mol. The molecule has 0 atom stereocenters. The fourth-order valence-electron chi connectivity index (χ4n) is 2.10. The van der Waals surface area contributed by atoms with Crippen LogP contribution in [0, 0.1) is 0 Å². The molecule has 0 radical (unpaired) electrons. The maximum absolute atomic E-state index is 13.4. The number of fused-ring (bicyclic) bond motifs is 1. The van der Waals surface area contributed by atoms with Gasteiger partial charge in [0.05, 0.1) is 10.6 Å². The number of thiophene rings is 1. The summed E-state index contributed by atoms with van der Waals surface area (Å²) in [6, 6.07) is 5.58. The molecule has 10 heteroatoms. The van der Waals surface area contributed by atoms with Gasteiger partial charge in [-0.1, -0.05) is 6.07 Å². The molecule has 24 heavy (non-hydrogen) atoms. The molecule has 0 aliphatic carbocycles. The minimum absolute atomic E-state index is 0.0377. The summed E-state index contributed by atoms with van der Waals surface area (Å²) < 4.78 is 40.7. The van der Waals surface area contributed by atoms with Crippen molar-refractivity contribution in [3.63, 3.8) is 0 Å². The van der Waals surface area contributed by atoms with Gasteiger partial charge >= 0.3 is 6.18 Å². The van der Waals surface area contributed by atoms with Gasteiger partial charge in [-0.3, -0.25) is 4.79 Å². The lowest BCUT2D eigenvalue weighted by Crippen LogP contribution is -2.25. The van der Waals surface area contributed by atoms with E-state index in [1.807, 2.05) is 0 Å². The number of aromatic nitrogens is 3. The topological polar surface area (TPSA) is 59.3 Å². The molecule has 0 aliphatic rings. The molecule has 0 spiro atoms. The first-order valence-electron chi connectivity index (χ1n) is 6.81. The van der Waals surface area contributed by atoms with Gasteiger partial charge in [0, 0.05) is 18.4 Å². The second-order valence-electron chi connectivity index (χ2n) is 4.78. The van der Waals surface area contributed by atoms with Crippen molar-refractivity contribution in [2.75, 3.05) is 12.3 Å². The van der Waals surface area contributed by atoms with Crippen molar-refractivity contribution in [2.24, 2.45) is 0 Å². The van der Waals surface area contributed by atoms with Gasteiger partial charge in [-0.05, 0) is 17.5 Å². The molecule has 3 heterocycles. The molecular formula is C14H11F3N4OS2. The van der Waals surface area contributed by atoms with Crippen LogP contribution in [0.25, 0.3) is 16.2 Å². The second-order valence-corrected chi connectivity index (χ2v) is 6.18. The Balaban J connectivity index is 2.14. The number of alkyl halides is 3. The summed E-state index contributed by atoms with van der Waals surface area (Å²) in [6.45, 7) is 0.288. The third kappa shape index (κ3) is 3.24. The number of hydrogen-bond donors (Lipinski definition) is 2. The molecule has 0 aliphatic heterocycles. The first-order valence-corrected chi connectivity index (χ1v) is 8.32. The van der Waals surface area contributed by atoms with Crippen LogP contribution in [0.5, 0.6) is 0 Å². The molecule has 0 bridgehead atoms. The maximum Gasteiger partial charge on any atom is 0.433 e. The minimum atomic E-state index is -4.63. The molecule has 0 fully saturated rings. The van der Waals surface area contributed by atoms with Crippen LogP contribution in [0.3, 0.4) is 0 Å². The van der Waals surface area contributed by atoms with Gasteiger partial charge in [0.25, 0.3) is 5.91 Å². The van der Waals surface area contributed by atoms with Crippen LogP contribution in [-0.2, 0) is 6.18 Å². The number of carbonyl (C=O) groups excluding carboxylic acids is 1. The molecule has 0 saturated carbocycles. The summed E-state index contributed by atoms with van der Waals surface area (Å²) in [5.41, 5.74) is -0.960. The molecule has 0 aromatic carbocycles. The van der Waals surface area contributed by atoms with Crippen molar-refractivity contribution in [3.05, 3.63) is 41.0 Å². The Hall–Kier alpha value is -2.07. The number of carbonyl (C=O) groups is 1. The molecule has 126 valence electrons. The summed E-state index contributed by atoms with van der Waals surface area (Å²) >= 11 is 5.24. The predicted molar refractivity (Wildman–Crippen MR) is 87.5 cm³/mol. The van der Waals surface area contributed by atoms with Gasteiger partial charge in [0.2, 0.25) is 0 Å². The van der Waals surface area contributed by atoms with E-state index in [4.69, 9.17) is 0 Å². The fraction of sp³-hybridized carbons (Fsp3) is 0.214. The Bertz CT molecular complexity index is 874. The van der Waals surface area contributed by atoms with Crippen LogP contribution in [0.1, 0.15) is 16.2 Å². The summed E-state index contributed by atoms with van der Waals surface area (Å²) in [5, 5.41) is 8.02. The SMILES string of the molecule is O=C(NCCS)c1cc2nc(-c3cccs3)cc(C(F)(F)F)n2n1. The Kier molecular flexibility index (Phi) is 4.50. The van der Waals surface area contributed by atoms with Crippen molar-refractivity contribution in [2.45, 2.75) is 6.18 Å². The summed E-state index contributed by atoms with van der Waals surface area (Å²) in [7, 11) is 0. The lowest BCUT2D eigenvalue weighted by molar-refractivity contribution is -0.142. The number of hydrogen-bond acceptors (Lipinski definition) is 5. The van der Waals surface area contributed by atoms with Gasteiger partial charge in [-0.15, -0.1) is 11.3 Å². The lowest BCUT2D eigenvalue weighted by Gasteiger charge is -2.10. The summed E-state index contributed by atoms with van der Waals surface area (Å²) in [5.74, 6) is -0.159. The molecule has 1 N–H and O–H groups in total. The van der Waals surface area contributed by atoms with Crippen molar-refractivity contribution in [1.29, 1.82) is 0 Å². The Morgan fingerprint density at radius 3 is 2.79 bits per heavy atom. The molecule has 3 rings (SSSR count). The minimum Gasteiger partial charge on any atom is -0.350 e. The fourth-order valence-corrected chi connectivity index (χ4v) is 2.90. The Morgan fingerprint density at radius 2 is 2.17 bits per heavy atom. The highest BCUT2D eigenvalue weighted by Gasteiger charge is 2.35. The zero-order valence-electron chi connectivity index (χ0n) is 12.0. The van der Waals surface area contributed by atoms with Crippen LogP contribution in [0.15, 0.2) is 29.6 Å². The largest absolute Gasteiger partial charge is 0.433 e. The maximum atomic E-state index is 13.4. The standard InChI is InChI=1S/C14H11F3N4OS2/c15-14(16,17)11-6-8(10-2-1-5-24-10)19-12-7-9(20-21(11)12)13(22)18-3-4-23/h1-2,5-7,23H,3-4H2,(H,18,22). The van der Waals surface area contributed by atoms with Crippen molar-refractivity contribution < 1.29 is 18.0 Å². The summed E-state index contributed by atoms with van der Waals surface area (Å²) in [4.78, 5) is 16.7. The first kappa shape index (κ1) is 16.8. The third-order valence-corrected chi connectivity index (χ3v) is 4.24. The van der Waals surface area contributed by atoms with Crippen LogP contribution in [-0.4, -0.2) is 32.8 Å². The predicted octanol–water partition coefficient (Wildman–Crippen LogP) is 3.14. The average molecular weight is 372 g/mol. The Morgan fingerprint density at radius 1 is 1.38 bits per heavy atom. The van der Waals surface area contributed by atoms with E-state index in [9.17, 15) is 18.0 Å². The van der Waals surface area contributed by atoms with E-state index in [0.29, 0.717) is 15.1 Å². The average Bonchev–Trinajstić information content (AvgIpc) is 3.19. The number of nitrogens with zero attached hydrogens (tertiary/aromatic N) is 3. The number of halogens is 3. The number of amides is 1. The van der Waals surface area contributed by atoms with E-state index >= 15 is 0 Å². The summed E-state index contributed by atoms with van der Waals surface area (Å²) in [6.07, 6.45) is -4.63. The zero-order chi connectivity index (χ0) is 17.3. The zero-order valence-corrected chi connectivity index (χ0v) is 13.8. The van der Waals surface area contributed by atoms with Gasteiger partial charge in [-0.25, -0.2) is 9.50 Å². The molecule has 1 amide bonds. The third-order valence-electron chi connectivity index (χ3n) is 3.12. The van der Waals surface area contributed by atoms with Crippen LogP contribution >= 0.6 is 24.0 Å². The van der Waals surface area contributed by atoms with Crippen molar-refractivity contribution in [3.8, 4) is 10.6 Å². The molecule has 0 unspecified atom stereocenters. The van der Waals surface area contributed by atoms with Gasteiger partial charge in [0.15, 0.2) is 17.0 Å². The van der Waals surface area contributed by atoms with E-state index in [1.54, 1.807) is 17.5 Å². The van der Waals surface area contributed by atoms with E-state index in [2.05, 4.69) is 28.0 Å². The number of rotatable bonds is 4. The Labute approximate surface area is 143 Å². The van der Waals surface area contributed by atoms with Crippen LogP contribution in [0.4, 0.5) is 13.2 Å². The molecular weight excluding hydrogens is 361 g/mol. The van der Waals surface area contributed by atoms with Crippen molar-refractivity contribution in [1.82, 2.24) is 19.9 Å². The smallest absolute Gasteiger partial charge is 0.350 e. The van der Waals surface area contributed by atoms with Gasteiger partial charge < -0.3 is 5.32 Å². The van der Waals surface area contributed by atoms with E-state index in [1.165, 1.54) is 17.4 Å².